The molecule has 0 bridgehead atoms. The lowest BCUT2D eigenvalue weighted by atomic mass is 10.0. The average Bonchev–Trinajstić information content (AvgIpc) is 3.06. The van der Waals surface area contributed by atoms with E-state index in [0.717, 1.165) is 29.9 Å². The summed E-state index contributed by atoms with van der Waals surface area (Å²) in [5.41, 5.74) is 3.99. The van der Waals surface area contributed by atoms with Crippen LogP contribution >= 0.6 is 11.3 Å². The topological polar surface area (TPSA) is 77.1 Å². The second kappa shape index (κ2) is 6.35. The molecular weight excluding hydrogens is 324 g/mol. The number of nitrogens with zero attached hydrogens (tertiary/aromatic N) is 5. The molecule has 3 aromatic rings. The Morgan fingerprint density at radius 3 is 2.62 bits per heavy atom. The first-order chi connectivity index (χ1) is 11.4. The molecule has 0 aliphatic rings. The third-order valence-electron chi connectivity index (χ3n) is 4.28. The van der Waals surface area contributed by atoms with E-state index in [1.165, 1.54) is 21.4 Å². The molecule has 0 saturated heterocycles. The molecule has 0 spiro atoms. The number of hydrogen-bond donors (Lipinski definition) is 1. The fourth-order valence-corrected chi connectivity index (χ4v) is 3.79. The van der Waals surface area contributed by atoms with Crippen molar-refractivity contribution in [1.29, 1.82) is 0 Å². The smallest absolute Gasteiger partial charge is 0.275 e. The van der Waals surface area contributed by atoms with Gasteiger partial charge < -0.3 is 5.32 Å². The van der Waals surface area contributed by atoms with Crippen molar-refractivity contribution in [1.82, 2.24) is 24.4 Å². The van der Waals surface area contributed by atoms with Crippen LogP contribution < -0.4 is 10.9 Å². The van der Waals surface area contributed by atoms with Crippen LogP contribution in [0.1, 0.15) is 49.0 Å². The minimum atomic E-state index is -0.136. The predicted octanol–water partition coefficient (Wildman–Crippen LogP) is 2.63. The van der Waals surface area contributed by atoms with Crippen LogP contribution in [0.25, 0.3) is 4.96 Å². The Hall–Kier alpha value is -2.22. The van der Waals surface area contributed by atoms with Gasteiger partial charge in [0.15, 0.2) is 0 Å². The standard InChI is InChI=1S/C16H22N6OS/c1-6-11-8-13(23)22-16(17-11)24-15(20-22)18-12(7-2)14-9(3)19-21(5)10(14)4/h8,12H,6-7H2,1-5H3,(H,18,20). The first-order valence-electron chi connectivity index (χ1n) is 8.11. The van der Waals surface area contributed by atoms with E-state index in [2.05, 4.69) is 34.3 Å². The Labute approximate surface area is 144 Å². The summed E-state index contributed by atoms with van der Waals surface area (Å²) < 4.78 is 3.26. The van der Waals surface area contributed by atoms with Crippen LogP contribution in [0.5, 0.6) is 0 Å². The molecule has 3 aromatic heterocycles. The molecule has 3 heterocycles. The maximum absolute atomic E-state index is 12.1. The molecule has 1 atom stereocenters. The largest absolute Gasteiger partial charge is 0.353 e. The van der Waals surface area contributed by atoms with Crippen molar-refractivity contribution in [3.63, 3.8) is 0 Å². The molecule has 0 aliphatic heterocycles. The van der Waals surface area contributed by atoms with Crippen molar-refractivity contribution in [2.24, 2.45) is 7.05 Å². The van der Waals surface area contributed by atoms with E-state index in [1.54, 1.807) is 6.07 Å². The van der Waals surface area contributed by atoms with Crippen LogP contribution in [0.4, 0.5) is 5.13 Å². The molecule has 3 rings (SSSR count). The van der Waals surface area contributed by atoms with Crippen LogP contribution in [0.3, 0.4) is 0 Å². The molecule has 1 N–H and O–H groups in total. The van der Waals surface area contributed by atoms with E-state index in [0.29, 0.717) is 10.1 Å². The van der Waals surface area contributed by atoms with Gasteiger partial charge in [-0.2, -0.15) is 9.61 Å². The molecular formula is C16H22N6OS. The predicted molar refractivity (Wildman–Crippen MR) is 95.8 cm³/mol. The Morgan fingerprint density at radius 2 is 2.04 bits per heavy atom. The van der Waals surface area contributed by atoms with E-state index in [4.69, 9.17) is 0 Å². The highest BCUT2D eigenvalue weighted by atomic mass is 32.1. The highest BCUT2D eigenvalue weighted by Gasteiger charge is 2.20. The van der Waals surface area contributed by atoms with Crippen LogP contribution in [0, 0.1) is 13.8 Å². The maximum atomic E-state index is 12.1. The van der Waals surface area contributed by atoms with Crippen LogP contribution in [0.2, 0.25) is 0 Å². The Balaban J connectivity index is 1.98. The molecule has 1 unspecified atom stereocenters. The van der Waals surface area contributed by atoms with Crippen LogP contribution in [-0.2, 0) is 13.5 Å². The van der Waals surface area contributed by atoms with Gasteiger partial charge in [0, 0.05) is 30.1 Å². The maximum Gasteiger partial charge on any atom is 0.275 e. The monoisotopic (exact) mass is 346 g/mol. The molecule has 8 heteroatoms. The Morgan fingerprint density at radius 1 is 1.29 bits per heavy atom. The summed E-state index contributed by atoms with van der Waals surface area (Å²) in [6.45, 7) is 8.19. The number of rotatable bonds is 5. The normalized spacial score (nSPS) is 12.7. The van der Waals surface area contributed by atoms with Gasteiger partial charge in [0.05, 0.1) is 11.7 Å². The third-order valence-corrected chi connectivity index (χ3v) is 5.12. The highest BCUT2D eigenvalue weighted by Crippen LogP contribution is 2.29. The molecule has 0 aliphatic carbocycles. The fraction of sp³-hybridized carbons (Fsp3) is 0.500. The van der Waals surface area contributed by atoms with Gasteiger partial charge in [-0.25, -0.2) is 4.98 Å². The lowest BCUT2D eigenvalue weighted by Gasteiger charge is -2.16. The van der Waals surface area contributed by atoms with Gasteiger partial charge >= 0.3 is 0 Å². The second-order valence-electron chi connectivity index (χ2n) is 5.85. The van der Waals surface area contributed by atoms with Crippen molar-refractivity contribution in [2.75, 3.05) is 5.32 Å². The van der Waals surface area contributed by atoms with Gasteiger partial charge in [-0.1, -0.05) is 25.2 Å². The van der Waals surface area contributed by atoms with Crippen LogP contribution in [-0.4, -0.2) is 24.4 Å². The first kappa shape index (κ1) is 16.6. The van der Waals surface area contributed by atoms with Crippen molar-refractivity contribution in [3.05, 3.63) is 39.1 Å². The number of aryl methyl sites for hydroxylation is 3. The Kier molecular flexibility index (Phi) is 4.40. The average molecular weight is 346 g/mol. The van der Waals surface area contributed by atoms with Gasteiger partial charge in [-0.3, -0.25) is 9.48 Å². The minimum absolute atomic E-state index is 0.0978. The van der Waals surface area contributed by atoms with Crippen molar-refractivity contribution >= 4 is 21.4 Å². The zero-order chi connectivity index (χ0) is 17.4. The number of nitrogens with one attached hydrogen (secondary N) is 1. The zero-order valence-electron chi connectivity index (χ0n) is 14.6. The van der Waals surface area contributed by atoms with Gasteiger partial charge in [-0.15, -0.1) is 5.10 Å². The number of hydrogen-bond acceptors (Lipinski definition) is 6. The summed E-state index contributed by atoms with van der Waals surface area (Å²) in [4.78, 5) is 17.2. The molecule has 24 heavy (non-hydrogen) atoms. The van der Waals surface area contributed by atoms with Crippen molar-refractivity contribution in [3.8, 4) is 0 Å². The highest BCUT2D eigenvalue weighted by molar-refractivity contribution is 7.20. The first-order valence-corrected chi connectivity index (χ1v) is 8.92. The Bertz CT molecular complexity index is 938. The van der Waals surface area contributed by atoms with E-state index in [-0.39, 0.29) is 11.6 Å². The summed E-state index contributed by atoms with van der Waals surface area (Å²) in [7, 11) is 1.95. The third kappa shape index (κ3) is 2.82. The van der Waals surface area contributed by atoms with E-state index >= 15 is 0 Å². The molecule has 7 nitrogen and oxygen atoms in total. The summed E-state index contributed by atoms with van der Waals surface area (Å²) in [5.74, 6) is 0. The summed E-state index contributed by atoms with van der Waals surface area (Å²) in [5, 5.41) is 13.0. The second-order valence-corrected chi connectivity index (χ2v) is 6.81. The molecule has 0 fully saturated rings. The minimum Gasteiger partial charge on any atom is -0.353 e. The molecule has 0 saturated carbocycles. The molecule has 0 radical (unpaired) electrons. The van der Waals surface area contributed by atoms with Gasteiger partial charge in [0.2, 0.25) is 10.1 Å². The fourth-order valence-electron chi connectivity index (χ4n) is 2.92. The molecule has 128 valence electrons. The number of aromatic nitrogens is 5. The van der Waals surface area contributed by atoms with Gasteiger partial charge in [0.25, 0.3) is 5.56 Å². The number of anilines is 1. The lowest BCUT2D eigenvalue weighted by molar-refractivity contribution is 0.713. The van der Waals surface area contributed by atoms with E-state index in [9.17, 15) is 4.79 Å². The van der Waals surface area contributed by atoms with Gasteiger partial charge in [0.1, 0.15) is 0 Å². The van der Waals surface area contributed by atoms with Crippen molar-refractivity contribution in [2.45, 2.75) is 46.6 Å². The summed E-state index contributed by atoms with van der Waals surface area (Å²) in [6, 6.07) is 1.64. The summed E-state index contributed by atoms with van der Waals surface area (Å²) in [6.07, 6.45) is 1.63. The quantitative estimate of drug-likeness (QED) is 0.768. The SMILES string of the molecule is CCc1cc(=O)n2nc(NC(CC)c3c(C)nn(C)c3C)sc2n1. The summed E-state index contributed by atoms with van der Waals surface area (Å²) >= 11 is 1.40. The van der Waals surface area contributed by atoms with E-state index in [1.807, 2.05) is 25.6 Å². The van der Waals surface area contributed by atoms with E-state index < -0.39 is 0 Å². The zero-order valence-corrected chi connectivity index (χ0v) is 15.4. The molecule has 0 aromatic carbocycles. The lowest BCUT2D eigenvalue weighted by Crippen LogP contribution is -2.16. The number of fused-ring (bicyclic) bond motifs is 1. The molecule has 0 amide bonds. The van der Waals surface area contributed by atoms with Crippen LogP contribution in [0.15, 0.2) is 10.9 Å². The van der Waals surface area contributed by atoms with Crippen molar-refractivity contribution < 1.29 is 0 Å². The van der Waals surface area contributed by atoms with Gasteiger partial charge in [-0.05, 0) is 26.7 Å².